The maximum absolute atomic E-state index is 12.1. The number of carbonyl (C=O) groups is 2. The van der Waals surface area contributed by atoms with Gasteiger partial charge in [-0.15, -0.1) is 0 Å². The molecule has 1 spiro atoms. The van der Waals surface area contributed by atoms with Crippen LogP contribution in [0.2, 0.25) is 0 Å². The van der Waals surface area contributed by atoms with Crippen molar-refractivity contribution in [2.45, 2.75) is 83.8 Å². The average Bonchev–Trinajstić information content (AvgIpc) is 2.83. The van der Waals surface area contributed by atoms with E-state index in [1.54, 1.807) is 0 Å². The van der Waals surface area contributed by atoms with Gasteiger partial charge in [0.1, 0.15) is 0 Å². The molecule has 3 aliphatic rings. The van der Waals surface area contributed by atoms with Gasteiger partial charge in [-0.05, 0) is 64.4 Å². The lowest BCUT2D eigenvalue weighted by Crippen LogP contribution is -2.61. The predicted molar refractivity (Wildman–Crippen MR) is 93.3 cm³/mol. The van der Waals surface area contributed by atoms with Gasteiger partial charge in [0.2, 0.25) is 0 Å². The summed E-state index contributed by atoms with van der Waals surface area (Å²) in [4.78, 5) is 23.4. The first kappa shape index (κ1) is 18.4. The van der Waals surface area contributed by atoms with Crippen molar-refractivity contribution in [3.63, 3.8) is 0 Å². The molecular formula is C20H30O5. The molecule has 1 saturated heterocycles. The smallest absolute Gasteiger partial charge is 0.309 e. The van der Waals surface area contributed by atoms with Gasteiger partial charge in [-0.2, -0.15) is 0 Å². The lowest BCUT2D eigenvalue weighted by atomic mass is 9.46. The van der Waals surface area contributed by atoms with Crippen LogP contribution >= 0.6 is 0 Å². The maximum atomic E-state index is 12.1. The lowest BCUT2D eigenvalue weighted by Gasteiger charge is -2.60. The van der Waals surface area contributed by atoms with E-state index in [-0.39, 0.29) is 17.8 Å². The Morgan fingerprint density at radius 3 is 2.44 bits per heavy atom. The number of carboxylic acids is 2. The van der Waals surface area contributed by atoms with Crippen LogP contribution in [0.4, 0.5) is 0 Å². The molecular weight excluding hydrogens is 320 g/mol. The van der Waals surface area contributed by atoms with E-state index in [9.17, 15) is 19.8 Å². The summed E-state index contributed by atoms with van der Waals surface area (Å²) in [6, 6.07) is 0. The van der Waals surface area contributed by atoms with Crippen LogP contribution in [0.25, 0.3) is 0 Å². The first-order valence-corrected chi connectivity index (χ1v) is 9.32. The van der Waals surface area contributed by atoms with Crippen molar-refractivity contribution >= 4 is 11.9 Å². The van der Waals surface area contributed by atoms with Gasteiger partial charge >= 0.3 is 11.9 Å². The highest BCUT2D eigenvalue weighted by atomic mass is 16.5. The molecule has 25 heavy (non-hydrogen) atoms. The summed E-state index contributed by atoms with van der Waals surface area (Å²) in [6.07, 6.45) is 6.82. The number of hydrogen-bond acceptors (Lipinski definition) is 3. The number of ether oxygens (including phenoxy) is 1. The fourth-order valence-electron chi connectivity index (χ4n) is 6.13. The van der Waals surface area contributed by atoms with E-state index in [0.717, 1.165) is 31.3 Å². The zero-order chi connectivity index (χ0) is 18.7. The standard InChI is InChI=1S/C20H30O5/c1-13-6-7-14-18(3,16(23)24)8-5-9-19(14,4)20(13)11-10-17(2,25-20)12-15(21)22/h6,14H,5,7-12H2,1-4H3,(H,21,22)(H,23,24). The Balaban J connectivity index is 2.05. The van der Waals surface area contributed by atoms with Gasteiger partial charge in [-0.25, -0.2) is 0 Å². The Labute approximate surface area is 149 Å². The number of fused-ring (bicyclic) bond motifs is 2. The third-order valence-electron chi connectivity index (χ3n) is 7.59. The zero-order valence-electron chi connectivity index (χ0n) is 15.7. The second kappa shape index (κ2) is 5.57. The molecule has 0 radical (unpaired) electrons. The summed E-state index contributed by atoms with van der Waals surface area (Å²) >= 11 is 0. The normalized spacial score (nSPS) is 46.6. The van der Waals surface area contributed by atoms with E-state index in [1.165, 1.54) is 0 Å². The lowest BCUT2D eigenvalue weighted by molar-refractivity contribution is -0.201. The SMILES string of the molecule is CC1=CCC2C(C)(C(=O)O)CCCC2(C)C12CCC(C)(CC(=O)O)O2. The molecule has 1 aliphatic heterocycles. The Morgan fingerprint density at radius 1 is 1.16 bits per heavy atom. The molecule has 0 aromatic carbocycles. The van der Waals surface area contributed by atoms with Crippen LogP contribution in [-0.2, 0) is 14.3 Å². The zero-order valence-corrected chi connectivity index (χ0v) is 15.7. The van der Waals surface area contributed by atoms with Crippen molar-refractivity contribution < 1.29 is 24.5 Å². The number of rotatable bonds is 3. The second-order valence-corrected chi connectivity index (χ2v) is 9.12. The van der Waals surface area contributed by atoms with Gasteiger partial charge < -0.3 is 14.9 Å². The molecule has 0 bridgehead atoms. The fraction of sp³-hybridized carbons (Fsp3) is 0.800. The van der Waals surface area contributed by atoms with Crippen LogP contribution in [0.15, 0.2) is 11.6 Å². The van der Waals surface area contributed by atoms with Crippen LogP contribution in [0.1, 0.15) is 72.6 Å². The minimum absolute atomic E-state index is 0.00197. The highest BCUT2D eigenvalue weighted by Gasteiger charge is 2.66. The molecule has 0 amide bonds. The molecule has 5 nitrogen and oxygen atoms in total. The monoisotopic (exact) mass is 350 g/mol. The van der Waals surface area contributed by atoms with Crippen molar-refractivity contribution in [3.05, 3.63) is 11.6 Å². The van der Waals surface area contributed by atoms with Crippen molar-refractivity contribution in [2.75, 3.05) is 0 Å². The largest absolute Gasteiger partial charge is 0.481 e. The van der Waals surface area contributed by atoms with Crippen LogP contribution in [0, 0.1) is 16.7 Å². The fourth-order valence-corrected chi connectivity index (χ4v) is 6.13. The molecule has 5 atom stereocenters. The molecule has 140 valence electrons. The van der Waals surface area contributed by atoms with E-state index in [4.69, 9.17) is 4.74 Å². The second-order valence-electron chi connectivity index (χ2n) is 9.12. The third kappa shape index (κ3) is 2.46. The summed E-state index contributed by atoms with van der Waals surface area (Å²) in [6.45, 7) is 8.02. The van der Waals surface area contributed by atoms with E-state index in [0.29, 0.717) is 12.8 Å². The van der Waals surface area contributed by atoms with Crippen LogP contribution in [-0.4, -0.2) is 33.4 Å². The number of allylic oxidation sites excluding steroid dienone is 1. The van der Waals surface area contributed by atoms with Crippen LogP contribution in [0.5, 0.6) is 0 Å². The third-order valence-corrected chi connectivity index (χ3v) is 7.59. The average molecular weight is 350 g/mol. The molecule has 5 heteroatoms. The van der Waals surface area contributed by atoms with Gasteiger partial charge in [0.05, 0.1) is 23.0 Å². The Bertz CT molecular complexity index is 640. The summed E-state index contributed by atoms with van der Waals surface area (Å²) in [7, 11) is 0. The molecule has 3 rings (SSSR count). The number of carboxylic acid groups (broad SMARTS) is 2. The van der Waals surface area contributed by atoms with Crippen molar-refractivity contribution in [3.8, 4) is 0 Å². The number of hydrogen-bond donors (Lipinski definition) is 2. The number of aliphatic carboxylic acids is 2. The van der Waals surface area contributed by atoms with E-state index >= 15 is 0 Å². The molecule has 2 fully saturated rings. The van der Waals surface area contributed by atoms with Crippen LogP contribution in [0.3, 0.4) is 0 Å². The Morgan fingerprint density at radius 2 is 1.84 bits per heavy atom. The maximum Gasteiger partial charge on any atom is 0.309 e. The molecule has 2 N–H and O–H groups in total. The minimum Gasteiger partial charge on any atom is -0.481 e. The molecule has 0 aromatic rings. The van der Waals surface area contributed by atoms with Crippen LogP contribution < -0.4 is 0 Å². The first-order valence-electron chi connectivity index (χ1n) is 9.32. The summed E-state index contributed by atoms with van der Waals surface area (Å²) in [5.74, 6) is -1.57. The molecule has 2 aliphatic carbocycles. The Kier molecular flexibility index (Phi) is 4.10. The predicted octanol–water partition coefficient (Wildman–Crippen LogP) is 4.02. The molecule has 1 saturated carbocycles. The van der Waals surface area contributed by atoms with Crippen molar-refractivity contribution in [1.82, 2.24) is 0 Å². The van der Waals surface area contributed by atoms with Gasteiger partial charge in [-0.3, -0.25) is 9.59 Å². The van der Waals surface area contributed by atoms with Gasteiger partial charge in [0.15, 0.2) is 0 Å². The van der Waals surface area contributed by atoms with E-state index in [1.807, 2.05) is 13.8 Å². The van der Waals surface area contributed by atoms with Gasteiger partial charge in [-0.1, -0.05) is 19.4 Å². The van der Waals surface area contributed by atoms with Crippen molar-refractivity contribution in [1.29, 1.82) is 0 Å². The highest BCUT2D eigenvalue weighted by molar-refractivity contribution is 5.75. The van der Waals surface area contributed by atoms with Gasteiger partial charge in [0.25, 0.3) is 0 Å². The van der Waals surface area contributed by atoms with Crippen molar-refractivity contribution in [2.24, 2.45) is 16.7 Å². The summed E-state index contributed by atoms with van der Waals surface area (Å²) < 4.78 is 6.60. The van der Waals surface area contributed by atoms with E-state index < -0.39 is 28.6 Å². The topological polar surface area (TPSA) is 83.8 Å². The van der Waals surface area contributed by atoms with Gasteiger partial charge in [0, 0.05) is 5.41 Å². The quantitative estimate of drug-likeness (QED) is 0.751. The molecule has 1 heterocycles. The molecule has 5 unspecified atom stereocenters. The summed E-state index contributed by atoms with van der Waals surface area (Å²) in [5.41, 5.74) is -1.13. The highest BCUT2D eigenvalue weighted by Crippen LogP contribution is 2.66. The Hall–Kier alpha value is -1.36. The minimum atomic E-state index is -0.849. The first-order chi connectivity index (χ1) is 11.5. The summed E-state index contributed by atoms with van der Waals surface area (Å²) in [5, 5.41) is 19.2. The van der Waals surface area contributed by atoms with E-state index in [2.05, 4.69) is 19.9 Å². The molecule has 0 aromatic heterocycles.